The highest BCUT2D eigenvalue weighted by Crippen LogP contribution is 2.40. The molecule has 0 unspecified atom stereocenters. The number of hydrogen-bond donors (Lipinski definition) is 2. The predicted molar refractivity (Wildman–Crippen MR) is 652 cm³/mol. The lowest BCUT2D eigenvalue weighted by Gasteiger charge is -2.34. The number of fused-ring (bicyclic) bond motifs is 12. The second-order valence-corrected chi connectivity index (χ2v) is 67.0. The number of aromatic amines is 2. The minimum Gasteiger partial charge on any atom is -0.368 e. The number of nitrogens with one attached hydrogen (secondary N) is 2. The van der Waals surface area contributed by atoms with Gasteiger partial charge in [-0.15, -0.1) is 0 Å². The van der Waals surface area contributed by atoms with Crippen LogP contribution in [-0.4, -0.2) is 67.2 Å². The molecule has 4 aromatic heterocycles. The molecular weight excluding hydrogens is 2110 g/mol. The van der Waals surface area contributed by atoms with Crippen LogP contribution < -0.4 is 83.0 Å². The molecule has 144 heavy (non-hydrogen) atoms. The summed E-state index contributed by atoms with van der Waals surface area (Å²) in [6.45, 7) is 14.6. The average molecular weight is 2220 g/mol. The van der Waals surface area contributed by atoms with Crippen molar-refractivity contribution in [3.8, 4) is 0 Å². The summed E-state index contributed by atoms with van der Waals surface area (Å²) in [5, 5.41) is 32.7. The van der Waals surface area contributed by atoms with E-state index in [4.69, 9.17) is 0 Å². The van der Waals surface area contributed by atoms with Crippen LogP contribution in [0.1, 0.15) is 27.7 Å². The minimum absolute atomic E-state index is 1.11. The van der Waals surface area contributed by atoms with E-state index in [0.717, 1.165) is 28.9 Å². The van der Waals surface area contributed by atoms with Gasteiger partial charge in [-0.05, 0) is 204 Å². The summed E-state index contributed by atoms with van der Waals surface area (Å²) in [5.41, 5.74) is 10.2. The lowest BCUT2D eigenvalue weighted by molar-refractivity contribution is 1.11. The highest BCUT2D eigenvalue weighted by molar-refractivity contribution is 9.11. The van der Waals surface area contributed by atoms with E-state index in [2.05, 4.69) is 620 Å². The normalized spacial score (nSPS) is 12.1. The molecule has 4 heterocycles. The zero-order chi connectivity index (χ0) is 98.6. The van der Waals surface area contributed by atoms with Crippen LogP contribution in [0.4, 0.5) is 0 Å². The summed E-state index contributed by atoms with van der Waals surface area (Å²) in [4.78, 5) is 7.20. The molecule has 0 bridgehead atoms. The molecule has 14 heteroatoms. The fourth-order valence-electron chi connectivity index (χ4n) is 23.2. The molecule has 24 aromatic rings. The number of H-pyrrole nitrogens is 2. The van der Waals surface area contributed by atoms with Crippen LogP contribution in [0.3, 0.4) is 0 Å². The second kappa shape index (κ2) is 41.9. The standard InChI is InChI=1S/C53H49NSi3.C48H37NSi2.C17H19Br2NSi.C12H7Br2N/c1-4-55(3,5-2)54-52-38-36-48(56(42-24-12-6-13-25-42,43-26-14-7-15-27-43)44-28-16-8-17-29-44)40-50(52)51-41-49(37-39-53(51)54)57(45-30-18-9-19-31-45,46-32-20-10-21-33-46)47-34-22-11-23-35-47;1-7-19-37(20-8-1)50(38-21-9-2-10-22-38,39-23-11-3-12-24-39)43-31-33-47-45(35-43)46-36-44(32-34-48(46)49-47)51(40-25-13-4-14-26-40,41-27-15-5-16-28-41)42-29-17-6-18-30-42;1-4-21(3,5-2)20-16-8-6-12(18)10-14(16)15-11-13(19)7-9-17(15)20;13-7-1-3-11-9(5-7)10-6-8(14)2-4-12(10)15-11/h6-41H,4-5H2,1-3H3;1-36,49H;6-11H,4-5H2,1-3H3;1-6,15H. The Morgan fingerprint density at radius 1 is 0.167 bits per heavy atom. The Kier molecular flexibility index (Phi) is 28.2. The fourth-order valence-corrected chi connectivity index (χ4v) is 49.1. The number of benzene rings is 20. The van der Waals surface area contributed by atoms with E-state index in [-0.39, 0.29) is 0 Å². The lowest BCUT2D eigenvalue weighted by atomic mass is 10.1. The largest absolute Gasteiger partial charge is 0.368 e. The quantitative estimate of drug-likeness (QED) is 0.0502. The van der Waals surface area contributed by atoms with Gasteiger partial charge in [0.2, 0.25) is 0 Å². The second-order valence-electron chi connectivity index (χ2n) is 38.4. The molecule has 2 N–H and O–H groups in total. The molecule has 0 aliphatic carbocycles. The fraction of sp³-hybridized carbons (Fsp3) is 0.0769. The monoisotopic (exact) mass is 2210 g/mol. The third kappa shape index (κ3) is 17.5. The third-order valence-electron chi connectivity index (χ3n) is 30.9. The molecule has 0 saturated heterocycles. The molecule has 0 fully saturated rings. The first-order chi connectivity index (χ1) is 70.6. The molecular formula is C130H112Br4N4Si6. The molecule has 0 atom stereocenters. The Morgan fingerprint density at radius 3 is 0.507 bits per heavy atom. The minimum atomic E-state index is -2.76. The van der Waals surface area contributed by atoms with E-state index in [1.165, 1.54) is 183 Å². The molecule has 0 radical (unpaired) electrons. The third-order valence-corrected chi connectivity index (χ3v) is 61.2. The molecule has 0 saturated carbocycles. The SMILES string of the molecule is Brc1ccc2[nH]c3ccc(Br)cc3c2c1.CC[Si](C)(CC)n1c2ccc(Br)cc2c2cc(Br)ccc21.CC[Si](C)(CC)n1c2ccc([Si](c3ccccc3)(c3ccccc3)c3ccccc3)cc2c2cc([Si](c3ccccc3)(c3ccccc3)c3ccccc3)ccc21.c1ccc([Si](c2ccccc2)(c2ccccc2)c2ccc3[nH]c4ccc([Si](c5ccccc5)(c5ccccc5)c5ccccc5)cc4c3c2)cc1. The van der Waals surface area contributed by atoms with Gasteiger partial charge in [0.1, 0.15) is 0 Å². The van der Waals surface area contributed by atoms with Crippen LogP contribution in [0, 0.1) is 0 Å². The number of aromatic nitrogens is 4. The molecule has 0 spiro atoms. The van der Waals surface area contributed by atoms with Crippen LogP contribution in [0.25, 0.3) is 87.2 Å². The summed E-state index contributed by atoms with van der Waals surface area (Å²) >= 11 is 14.2. The Labute approximate surface area is 885 Å². The summed E-state index contributed by atoms with van der Waals surface area (Å²) in [5.74, 6) is 0. The van der Waals surface area contributed by atoms with Crippen molar-refractivity contribution in [1.29, 1.82) is 0 Å². The van der Waals surface area contributed by atoms with E-state index >= 15 is 0 Å². The molecule has 4 nitrogen and oxygen atoms in total. The van der Waals surface area contributed by atoms with Gasteiger partial charge < -0.3 is 18.4 Å². The van der Waals surface area contributed by atoms with Gasteiger partial charge in [-0.1, -0.05) is 517 Å². The summed E-state index contributed by atoms with van der Waals surface area (Å²) in [6.07, 6.45) is 0. The molecule has 704 valence electrons. The number of rotatable bonds is 22. The molecule has 0 aliphatic rings. The van der Waals surface area contributed by atoms with Crippen LogP contribution >= 0.6 is 63.7 Å². The van der Waals surface area contributed by atoms with E-state index in [1.54, 1.807) is 0 Å². The van der Waals surface area contributed by atoms with E-state index in [9.17, 15) is 0 Å². The Hall–Kier alpha value is -13.2. The Balaban J connectivity index is 0.000000127. The molecule has 0 aliphatic heterocycles. The highest BCUT2D eigenvalue weighted by atomic mass is 79.9. The first kappa shape index (κ1) is 96.9. The van der Waals surface area contributed by atoms with Crippen molar-refractivity contribution in [2.45, 2.75) is 65.0 Å². The molecule has 20 aromatic carbocycles. The number of halogens is 4. The van der Waals surface area contributed by atoms with Crippen molar-refractivity contribution in [3.05, 3.63) is 527 Å². The van der Waals surface area contributed by atoms with Gasteiger partial charge in [0.05, 0.1) is 0 Å². The topological polar surface area (TPSA) is 41.4 Å². The van der Waals surface area contributed by atoms with E-state index in [0.29, 0.717) is 0 Å². The van der Waals surface area contributed by atoms with Crippen LogP contribution in [0.15, 0.2) is 527 Å². The number of hydrogen-bond acceptors (Lipinski definition) is 0. The van der Waals surface area contributed by atoms with Gasteiger partial charge in [0.25, 0.3) is 0 Å². The average Bonchev–Trinajstić information content (AvgIpc) is 1.53. The predicted octanol–water partition coefficient (Wildman–Crippen LogP) is 25.7. The maximum absolute atomic E-state index is 3.80. The zero-order valence-electron chi connectivity index (χ0n) is 81.7. The van der Waals surface area contributed by atoms with Gasteiger partial charge in [-0.25, -0.2) is 0 Å². The van der Waals surface area contributed by atoms with E-state index in [1.807, 2.05) is 12.1 Å². The molecule has 0 amide bonds. The maximum Gasteiger partial charge on any atom is 0.179 e. The van der Waals surface area contributed by atoms with Crippen LogP contribution in [-0.2, 0) is 0 Å². The zero-order valence-corrected chi connectivity index (χ0v) is 94.1. The van der Waals surface area contributed by atoms with Crippen molar-refractivity contribution < 1.29 is 0 Å². The van der Waals surface area contributed by atoms with Crippen molar-refractivity contribution in [3.63, 3.8) is 0 Å². The van der Waals surface area contributed by atoms with Crippen molar-refractivity contribution in [2.24, 2.45) is 0 Å². The summed E-state index contributed by atoms with van der Waals surface area (Å²) in [6, 6.07) is 196. The van der Waals surface area contributed by atoms with Crippen LogP contribution in [0.5, 0.6) is 0 Å². The van der Waals surface area contributed by atoms with Crippen molar-refractivity contribution in [1.82, 2.24) is 18.4 Å². The van der Waals surface area contributed by atoms with Gasteiger partial charge in [0, 0.05) is 105 Å². The first-order valence-corrected chi connectivity index (χ1v) is 67.1. The first-order valence-electron chi connectivity index (χ1n) is 50.2. The lowest BCUT2D eigenvalue weighted by Crippen LogP contribution is -2.74. The maximum atomic E-state index is 3.80. The Morgan fingerprint density at radius 2 is 0.312 bits per heavy atom. The van der Waals surface area contributed by atoms with Gasteiger partial charge in [0.15, 0.2) is 48.8 Å². The molecule has 24 rings (SSSR count). The smallest absolute Gasteiger partial charge is 0.179 e. The summed E-state index contributed by atoms with van der Waals surface area (Å²) < 4.78 is 9.98. The van der Waals surface area contributed by atoms with Gasteiger partial charge >= 0.3 is 0 Å². The van der Waals surface area contributed by atoms with Crippen molar-refractivity contribution in [2.75, 3.05) is 0 Å². The Bertz CT molecular complexity index is 7750. The van der Waals surface area contributed by atoms with Crippen molar-refractivity contribution >= 4 is 283 Å². The van der Waals surface area contributed by atoms with Gasteiger partial charge in [-0.2, -0.15) is 0 Å². The van der Waals surface area contributed by atoms with Crippen LogP contribution in [0.2, 0.25) is 37.3 Å². The van der Waals surface area contributed by atoms with E-state index < -0.39 is 48.8 Å². The highest BCUT2D eigenvalue weighted by Gasteiger charge is 2.47. The van der Waals surface area contributed by atoms with Gasteiger partial charge in [-0.3, -0.25) is 0 Å². The number of nitrogens with zero attached hydrogens (tertiary/aromatic N) is 2. The summed E-state index contributed by atoms with van der Waals surface area (Å²) in [7, 11) is -14.3.